The molecule has 7 nitrogen and oxygen atoms in total. The number of ether oxygens (including phenoxy) is 1. The smallest absolute Gasteiger partial charge is 0.321 e. The predicted molar refractivity (Wildman–Crippen MR) is 90.9 cm³/mol. The lowest BCUT2D eigenvalue weighted by atomic mass is 9.71. The van der Waals surface area contributed by atoms with Crippen LogP contribution in [0.2, 0.25) is 0 Å². The first-order valence-electron chi connectivity index (χ1n) is 7.74. The molecular formula is C16H17BrFN3O4. The van der Waals surface area contributed by atoms with Crippen LogP contribution in [0.3, 0.4) is 0 Å². The third-order valence-electron chi connectivity index (χ3n) is 4.69. The van der Waals surface area contributed by atoms with E-state index in [1.54, 1.807) is 11.0 Å². The average molecular weight is 414 g/mol. The molecule has 1 aromatic rings. The van der Waals surface area contributed by atoms with Crippen molar-refractivity contribution < 1.29 is 23.5 Å². The van der Waals surface area contributed by atoms with Crippen molar-refractivity contribution in [2.24, 2.45) is 5.41 Å². The van der Waals surface area contributed by atoms with Crippen LogP contribution in [0, 0.1) is 11.2 Å². The Morgan fingerprint density at radius 1 is 1.48 bits per heavy atom. The second-order valence-electron chi connectivity index (χ2n) is 6.05. The Hall–Kier alpha value is -2.00. The lowest BCUT2D eigenvalue weighted by Crippen LogP contribution is -2.65. The van der Waals surface area contributed by atoms with Gasteiger partial charge in [-0.3, -0.25) is 10.1 Å². The minimum absolute atomic E-state index is 0.0183. The molecule has 0 spiro atoms. The number of halogens is 2. The quantitative estimate of drug-likeness (QED) is 0.557. The summed E-state index contributed by atoms with van der Waals surface area (Å²) in [5, 5.41) is 4.46. The number of hydrogen-bond acceptors (Lipinski definition) is 5. The van der Waals surface area contributed by atoms with Gasteiger partial charge in [-0.15, -0.1) is 0 Å². The van der Waals surface area contributed by atoms with Crippen molar-refractivity contribution in [1.29, 1.82) is 0 Å². The number of carbonyl (C=O) groups is 3. The number of aldehydes is 1. The standard InChI is InChI=1S/C16H17BrFN3O4/c1-19-15(24)20-14(23)16(8-22)6-9-4-10(17)5-11(18)13(9)21-2-3-25-7-12(16)21/h4-5,8,12H,2-3,6-7H2,1H3,(H2,19,20,23,24)/t12?,16-/m0/s1. The molecule has 1 fully saturated rings. The Morgan fingerprint density at radius 2 is 2.24 bits per heavy atom. The maximum atomic E-state index is 14.6. The number of rotatable bonds is 2. The largest absolute Gasteiger partial charge is 0.377 e. The van der Waals surface area contributed by atoms with E-state index in [9.17, 15) is 18.8 Å². The van der Waals surface area contributed by atoms with Gasteiger partial charge in [0.1, 0.15) is 17.5 Å². The van der Waals surface area contributed by atoms with E-state index in [4.69, 9.17) is 4.74 Å². The second-order valence-corrected chi connectivity index (χ2v) is 6.96. The number of imide groups is 1. The molecule has 2 atom stereocenters. The molecule has 0 saturated carbocycles. The van der Waals surface area contributed by atoms with E-state index in [1.165, 1.54) is 13.1 Å². The van der Waals surface area contributed by atoms with Crippen molar-refractivity contribution in [3.63, 3.8) is 0 Å². The molecule has 2 N–H and O–H groups in total. The predicted octanol–water partition coefficient (Wildman–Crippen LogP) is 0.990. The topological polar surface area (TPSA) is 87.7 Å². The van der Waals surface area contributed by atoms with E-state index in [2.05, 4.69) is 26.6 Å². The molecule has 1 unspecified atom stereocenters. The molecule has 2 aliphatic heterocycles. The van der Waals surface area contributed by atoms with Gasteiger partial charge in [0.15, 0.2) is 0 Å². The van der Waals surface area contributed by atoms with Crippen molar-refractivity contribution in [1.82, 2.24) is 10.6 Å². The normalized spacial score (nSPS) is 24.8. The maximum absolute atomic E-state index is 14.6. The summed E-state index contributed by atoms with van der Waals surface area (Å²) in [5.41, 5.74) is -0.640. The van der Waals surface area contributed by atoms with E-state index in [-0.39, 0.29) is 13.0 Å². The van der Waals surface area contributed by atoms with Gasteiger partial charge in [-0.25, -0.2) is 9.18 Å². The summed E-state index contributed by atoms with van der Waals surface area (Å²) >= 11 is 3.24. The highest BCUT2D eigenvalue weighted by Crippen LogP contribution is 2.44. The molecule has 2 aliphatic rings. The summed E-state index contributed by atoms with van der Waals surface area (Å²) < 4.78 is 20.5. The highest BCUT2D eigenvalue weighted by Gasteiger charge is 2.54. The first-order valence-corrected chi connectivity index (χ1v) is 8.54. The number of nitrogens with one attached hydrogen (secondary N) is 2. The molecule has 134 valence electrons. The van der Waals surface area contributed by atoms with Crippen LogP contribution in [0.5, 0.6) is 0 Å². The summed E-state index contributed by atoms with van der Waals surface area (Å²) in [6.45, 7) is 0.797. The van der Waals surface area contributed by atoms with Crippen LogP contribution < -0.4 is 15.5 Å². The van der Waals surface area contributed by atoms with E-state index in [0.29, 0.717) is 35.2 Å². The Kier molecular flexibility index (Phi) is 4.79. The average Bonchev–Trinajstić information content (AvgIpc) is 2.59. The van der Waals surface area contributed by atoms with E-state index in [1.807, 2.05) is 0 Å². The van der Waals surface area contributed by atoms with Gasteiger partial charge in [-0.2, -0.15) is 0 Å². The van der Waals surface area contributed by atoms with Gasteiger partial charge in [-0.1, -0.05) is 15.9 Å². The molecule has 3 amide bonds. The molecule has 0 aliphatic carbocycles. The van der Waals surface area contributed by atoms with Crippen molar-refractivity contribution in [2.75, 3.05) is 31.7 Å². The van der Waals surface area contributed by atoms with Crippen molar-refractivity contribution in [3.05, 3.63) is 28.0 Å². The number of urea groups is 1. The minimum atomic E-state index is -1.55. The molecule has 2 heterocycles. The van der Waals surface area contributed by atoms with Crippen LogP contribution in [0.4, 0.5) is 14.9 Å². The number of morpholine rings is 1. The molecular weight excluding hydrogens is 397 g/mol. The van der Waals surface area contributed by atoms with Gasteiger partial charge in [0.05, 0.1) is 24.9 Å². The number of benzene rings is 1. The number of anilines is 1. The van der Waals surface area contributed by atoms with Crippen LogP contribution in [-0.4, -0.2) is 51.1 Å². The second kappa shape index (κ2) is 6.72. The Morgan fingerprint density at radius 3 is 2.92 bits per heavy atom. The third kappa shape index (κ3) is 2.91. The molecule has 1 aromatic carbocycles. The van der Waals surface area contributed by atoms with E-state index >= 15 is 0 Å². The summed E-state index contributed by atoms with van der Waals surface area (Å²) in [6.07, 6.45) is 0.523. The fourth-order valence-corrected chi connectivity index (χ4v) is 3.97. The van der Waals surface area contributed by atoms with Crippen LogP contribution in [0.1, 0.15) is 5.56 Å². The molecule has 0 aromatic heterocycles. The molecule has 0 bridgehead atoms. The van der Waals surface area contributed by atoms with Gasteiger partial charge < -0.3 is 19.7 Å². The number of amides is 3. The molecule has 0 radical (unpaired) electrons. The number of hydrogen-bond donors (Lipinski definition) is 2. The summed E-state index contributed by atoms with van der Waals surface area (Å²) in [5.74, 6) is -1.16. The SMILES string of the molecule is CNC(=O)NC(=O)[C@]1(C=O)Cc2cc(Br)cc(F)c2N2CCOCC21. The third-order valence-corrected chi connectivity index (χ3v) is 5.15. The Labute approximate surface area is 152 Å². The van der Waals surface area contributed by atoms with E-state index in [0.717, 1.165) is 0 Å². The molecule has 9 heteroatoms. The maximum Gasteiger partial charge on any atom is 0.321 e. The lowest BCUT2D eigenvalue weighted by molar-refractivity contribution is -0.139. The van der Waals surface area contributed by atoms with Crippen molar-refractivity contribution in [3.8, 4) is 0 Å². The monoisotopic (exact) mass is 413 g/mol. The van der Waals surface area contributed by atoms with Gasteiger partial charge in [0, 0.05) is 18.1 Å². The molecule has 25 heavy (non-hydrogen) atoms. The molecule has 1 saturated heterocycles. The number of fused-ring (bicyclic) bond motifs is 3. The van der Waals surface area contributed by atoms with Crippen molar-refractivity contribution >= 4 is 39.8 Å². The zero-order valence-electron chi connectivity index (χ0n) is 13.5. The zero-order chi connectivity index (χ0) is 18.2. The van der Waals surface area contributed by atoms with Crippen LogP contribution in [0.25, 0.3) is 0 Å². The van der Waals surface area contributed by atoms with Crippen LogP contribution >= 0.6 is 15.9 Å². The summed E-state index contributed by atoms with van der Waals surface area (Å²) in [7, 11) is 1.37. The first kappa shape index (κ1) is 17.8. The van der Waals surface area contributed by atoms with Crippen LogP contribution in [0.15, 0.2) is 16.6 Å². The van der Waals surface area contributed by atoms with Gasteiger partial charge in [0.2, 0.25) is 5.91 Å². The molecule has 3 rings (SSSR count). The number of carbonyl (C=O) groups excluding carboxylic acids is 3. The van der Waals surface area contributed by atoms with Crippen LogP contribution in [-0.2, 0) is 20.7 Å². The van der Waals surface area contributed by atoms with Gasteiger partial charge >= 0.3 is 6.03 Å². The van der Waals surface area contributed by atoms with Gasteiger partial charge in [-0.05, 0) is 24.1 Å². The fourth-order valence-electron chi connectivity index (χ4n) is 3.49. The fraction of sp³-hybridized carbons (Fsp3) is 0.438. The number of nitrogens with zero attached hydrogens (tertiary/aromatic N) is 1. The van der Waals surface area contributed by atoms with E-state index < -0.39 is 29.2 Å². The first-order chi connectivity index (χ1) is 11.9. The highest BCUT2D eigenvalue weighted by atomic mass is 79.9. The lowest BCUT2D eigenvalue weighted by Gasteiger charge is -2.49. The Balaban J connectivity index is 2.11. The van der Waals surface area contributed by atoms with Crippen molar-refractivity contribution in [2.45, 2.75) is 12.5 Å². The minimum Gasteiger partial charge on any atom is -0.377 e. The summed E-state index contributed by atoms with van der Waals surface area (Å²) in [6, 6.07) is 1.65. The summed E-state index contributed by atoms with van der Waals surface area (Å²) in [4.78, 5) is 38.1. The zero-order valence-corrected chi connectivity index (χ0v) is 15.1. The van der Waals surface area contributed by atoms with Gasteiger partial charge in [0.25, 0.3) is 0 Å². The highest BCUT2D eigenvalue weighted by molar-refractivity contribution is 9.10. The Bertz CT molecular complexity index is 744.